The molecule has 9 heteroatoms. The molecule has 2 aromatic heterocycles. The van der Waals surface area contributed by atoms with Gasteiger partial charge in [-0.05, 0) is 0 Å². The van der Waals surface area contributed by atoms with Crippen LogP contribution in [-0.2, 0) is 27.8 Å². The molecule has 0 aliphatic carbocycles. The van der Waals surface area contributed by atoms with Gasteiger partial charge in [0.15, 0.2) is 0 Å². The number of methoxy groups -OCH3 is 1. The van der Waals surface area contributed by atoms with Crippen LogP contribution in [0, 0.1) is 5.92 Å². The first-order valence-electron chi connectivity index (χ1n) is 8.92. The normalized spacial score (nSPS) is 19.7. The summed E-state index contributed by atoms with van der Waals surface area (Å²) in [5, 5.41) is 2.93. The lowest BCUT2D eigenvalue weighted by Crippen LogP contribution is -2.39. The molecule has 3 heterocycles. The second-order valence-electron chi connectivity index (χ2n) is 6.67. The van der Waals surface area contributed by atoms with Crippen LogP contribution in [-0.4, -0.2) is 70.0 Å². The van der Waals surface area contributed by atoms with E-state index in [1.54, 1.807) is 47.7 Å². The minimum Gasteiger partial charge on any atom is -0.383 e. The lowest BCUT2D eigenvalue weighted by atomic mass is 9.97. The van der Waals surface area contributed by atoms with Gasteiger partial charge in [-0.2, -0.15) is 0 Å². The van der Waals surface area contributed by atoms with Crippen molar-refractivity contribution >= 4 is 23.2 Å². The number of carbonyl (C=O) groups excluding carboxylic acids is 2. The molecule has 0 radical (unpaired) electrons. The van der Waals surface area contributed by atoms with Gasteiger partial charge in [0.2, 0.25) is 11.8 Å². The first kappa shape index (κ1) is 19.5. The fraction of sp³-hybridized carbons (Fsp3) is 0.556. The Bertz CT molecular complexity index is 776. The van der Waals surface area contributed by atoms with Crippen molar-refractivity contribution in [2.24, 2.45) is 13.0 Å². The molecule has 1 fully saturated rings. The van der Waals surface area contributed by atoms with Crippen molar-refractivity contribution in [1.29, 1.82) is 0 Å². The number of thiazole rings is 1. The first-order valence-corrected chi connectivity index (χ1v) is 9.80. The summed E-state index contributed by atoms with van der Waals surface area (Å²) in [5.74, 6) is 0.208. The van der Waals surface area contributed by atoms with Crippen LogP contribution in [0.15, 0.2) is 24.0 Å². The molecular formula is C18H25N5O3S. The standard InChI is InChI=1S/C18H25N5O3S/c1-21-8-5-20-17(21)16-13(12-15(24)23(16)9-10-26-3)18(25)22(2)7-4-14-19-6-11-27-14/h5-6,8,11,13,16H,4,7,9-10,12H2,1-3H3/t13-,16-/m0/s1. The number of amides is 2. The van der Waals surface area contributed by atoms with E-state index in [-0.39, 0.29) is 24.3 Å². The Morgan fingerprint density at radius 3 is 2.85 bits per heavy atom. The van der Waals surface area contributed by atoms with Gasteiger partial charge in [-0.15, -0.1) is 11.3 Å². The highest BCUT2D eigenvalue weighted by Gasteiger charge is 2.46. The van der Waals surface area contributed by atoms with Gasteiger partial charge >= 0.3 is 0 Å². The molecule has 2 atom stereocenters. The van der Waals surface area contributed by atoms with E-state index < -0.39 is 5.92 Å². The molecule has 0 bridgehead atoms. The van der Waals surface area contributed by atoms with Gasteiger partial charge in [0, 0.05) is 71.1 Å². The number of likely N-dealkylation sites (tertiary alicyclic amines) is 1. The molecule has 0 unspecified atom stereocenters. The molecule has 27 heavy (non-hydrogen) atoms. The van der Waals surface area contributed by atoms with Crippen LogP contribution >= 0.6 is 11.3 Å². The summed E-state index contributed by atoms with van der Waals surface area (Å²) in [5.41, 5.74) is 0. The van der Waals surface area contributed by atoms with Crippen LogP contribution in [0.1, 0.15) is 23.3 Å². The molecular weight excluding hydrogens is 366 g/mol. The van der Waals surface area contributed by atoms with Crippen LogP contribution in [0.3, 0.4) is 0 Å². The van der Waals surface area contributed by atoms with Crippen molar-refractivity contribution in [1.82, 2.24) is 24.3 Å². The van der Waals surface area contributed by atoms with E-state index in [1.807, 2.05) is 23.2 Å². The van der Waals surface area contributed by atoms with Gasteiger partial charge in [-0.3, -0.25) is 9.59 Å². The van der Waals surface area contributed by atoms with E-state index in [1.165, 1.54) is 0 Å². The summed E-state index contributed by atoms with van der Waals surface area (Å²) in [6.45, 7) is 1.44. The maximum absolute atomic E-state index is 13.1. The summed E-state index contributed by atoms with van der Waals surface area (Å²) < 4.78 is 7.02. The zero-order valence-corrected chi connectivity index (χ0v) is 16.7. The number of rotatable bonds is 8. The Morgan fingerprint density at radius 2 is 2.22 bits per heavy atom. The Kier molecular flexibility index (Phi) is 6.22. The van der Waals surface area contributed by atoms with Crippen molar-refractivity contribution in [2.45, 2.75) is 18.9 Å². The summed E-state index contributed by atoms with van der Waals surface area (Å²) in [7, 11) is 5.27. The predicted molar refractivity (Wildman–Crippen MR) is 101 cm³/mol. The molecule has 1 aliphatic heterocycles. The van der Waals surface area contributed by atoms with Crippen LogP contribution in [0.2, 0.25) is 0 Å². The number of likely N-dealkylation sites (N-methyl/N-ethyl adjacent to an activating group) is 1. The van der Waals surface area contributed by atoms with E-state index in [0.717, 1.165) is 10.8 Å². The van der Waals surface area contributed by atoms with Crippen molar-refractivity contribution in [3.8, 4) is 0 Å². The molecule has 2 aromatic rings. The SMILES string of the molecule is COCCN1C(=O)C[C@H](C(=O)N(C)CCc2nccs2)[C@H]1c1nccn1C. The summed E-state index contributed by atoms with van der Waals surface area (Å²) in [6.07, 6.45) is 6.20. The van der Waals surface area contributed by atoms with E-state index in [4.69, 9.17) is 4.74 Å². The van der Waals surface area contributed by atoms with Gasteiger partial charge in [0.05, 0.1) is 17.5 Å². The quantitative estimate of drug-likeness (QED) is 0.674. The highest BCUT2D eigenvalue weighted by molar-refractivity contribution is 7.09. The van der Waals surface area contributed by atoms with E-state index in [0.29, 0.717) is 26.1 Å². The molecule has 0 saturated carbocycles. The Balaban J connectivity index is 1.77. The largest absolute Gasteiger partial charge is 0.383 e. The predicted octanol–water partition coefficient (Wildman–Crippen LogP) is 1.11. The maximum Gasteiger partial charge on any atom is 0.228 e. The van der Waals surface area contributed by atoms with Crippen molar-refractivity contribution < 1.29 is 14.3 Å². The van der Waals surface area contributed by atoms with E-state index >= 15 is 0 Å². The molecule has 0 aromatic carbocycles. The molecule has 0 spiro atoms. The third-order valence-corrected chi connectivity index (χ3v) is 5.77. The number of imidazole rings is 1. The topological polar surface area (TPSA) is 80.6 Å². The fourth-order valence-electron chi connectivity index (χ4n) is 3.48. The third kappa shape index (κ3) is 4.19. The number of nitrogens with zero attached hydrogens (tertiary/aromatic N) is 5. The number of hydrogen-bond donors (Lipinski definition) is 0. The first-order chi connectivity index (χ1) is 13.0. The lowest BCUT2D eigenvalue weighted by Gasteiger charge is -2.29. The number of aromatic nitrogens is 3. The monoisotopic (exact) mass is 391 g/mol. The Hall–Kier alpha value is -2.26. The van der Waals surface area contributed by atoms with Crippen LogP contribution in [0.25, 0.3) is 0 Å². The number of carbonyl (C=O) groups is 2. The van der Waals surface area contributed by atoms with Crippen molar-refractivity contribution in [3.63, 3.8) is 0 Å². The third-order valence-electron chi connectivity index (χ3n) is 4.93. The van der Waals surface area contributed by atoms with Crippen molar-refractivity contribution in [3.05, 3.63) is 34.8 Å². The molecule has 146 valence electrons. The molecule has 8 nitrogen and oxygen atoms in total. The molecule has 1 saturated heterocycles. The second kappa shape index (κ2) is 8.62. The number of aryl methyl sites for hydroxylation is 1. The van der Waals surface area contributed by atoms with Crippen LogP contribution in [0.5, 0.6) is 0 Å². The van der Waals surface area contributed by atoms with E-state index in [9.17, 15) is 9.59 Å². The zero-order valence-electron chi connectivity index (χ0n) is 15.9. The average molecular weight is 391 g/mol. The van der Waals surface area contributed by atoms with E-state index in [2.05, 4.69) is 9.97 Å². The zero-order chi connectivity index (χ0) is 19.4. The smallest absolute Gasteiger partial charge is 0.228 e. The van der Waals surface area contributed by atoms with Gasteiger partial charge in [-0.1, -0.05) is 0 Å². The average Bonchev–Trinajstić information content (AvgIpc) is 3.38. The van der Waals surface area contributed by atoms with Gasteiger partial charge in [0.1, 0.15) is 11.9 Å². The number of hydrogen-bond acceptors (Lipinski definition) is 6. The highest BCUT2D eigenvalue weighted by atomic mass is 32.1. The fourth-order valence-corrected chi connectivity index (χ4v) is 4.09. The minimum atomic E-state index is -0.447. The summed E-state index contributed by atoms with van der Waals surface area (Å²) >= 11 is 1.58. The maximum atomic E-state index is 13.1. The second-order valence-corrected chi connectivity index (χ2v) is 7.65. The number of ether oxygens (including phenoxy) is 1. The minimum absolute atomic E-state index is 0.0344. The summed E-state index contributed by atoms with van der Waals surface area (Å²) in [6, 6.07) is -0.373. The Labute approximate surface area is 162 Å². The van der Waals surface area contributed by atoms with Crippen molar-refractivity contribution in [2.75, 3.05) is 33.9 Å². The van der Waals surface area contributed by atoms with Gasteiger partial charge < -0.3 is 19.1 Å². The molecule has 3 rings (SSSR count). The Morgan fingerprint density at radius 1 is 1.41 bits per heavy atom. The molecule has 2 amide bonds. The van der Waals surface area contributed by atoms with Crippen LogP contribution < -0.4 is 0 Å². The molecule has 0 N–H and O–H groups in total. The molecule has 1 aliphatic rings. The van der Waals surface area contributed by atoms with Gasteiger partial charge in [0.25, 0.3) is 0 Å². The van der Waals surface area contributed by atoms with Crippen LogP contribution in [0.4, 0.5) is 0 Å². The van der Waals surface area contributed by atoms with Gasteiger partial charge in [-0.25, -0.2) is 9.97 Å². The lowest BCUT2D eigenvalue weighted by molar-refractivity contribution is -0.135. The summed E-state index contributed by atoms with van der Waals surface area (Å²) in [4.78, 5) is 37.9. The highest BCUT2D eigenvalue weighted by Crippen LogP contribution is 2.38.